The Kier molecular flexibility index (Phi) is 2.75. The number of fused-ring (bicyclic) bond motifs is 1. The van der Waals surface area contributed by atoms with Gasteiger partial charge in [-0.15, -0.1) is 5.10 Å². The van der Waals surface area contributed by atoms with Crippen LogP contribution in [0.15, 0.2) is 23.6 Å². The lowest BCUT2D eigenvalue weighted by Crippen LogP contribution is -2.24. The summed E-state index contributed by atoms with van der Waals surface area (Å²) in [4.78, 5) is 24.7. The first-order chi connectivity index (χ1) is 9.16. The van der Waals surface area contributed by atoms with Gasteiger partial charge in [-0.1, -0.05) is 4.49 Å². The number of hydrogen-bond acceptors (Lipinski definition) is 6. The van der Waals surface area contributed by atoms with Crippen LogP contribution in [-0.2, 0) is 6.54 Å². The van der Waals surface area contributed by atoms with Gasteiger partial charge < -0.3 is 5.32 Å². The number of hydrogen-bond donors (Lipinski definition) is 1. The van der Waals surface area contributed by atoms with Gasteiger partial charge >= 0.3 is 0 Å². The van der Waals surface area contributed by atoms with Gasteiger partial charge in [0.15, 0.2) is 0 Å². The van der Waals surface area contributed by atoms with E-state index >= 15 is 0 Å². The molecule has 1 aromatic carbocycles. The molecule has 2 aromatic rings. The van der Waals surface area contributed by atoms with Crippen LogP contribution in [0.3, 0.4) is 0 Å². The third kappa shape index (κ3) is 1.97. The van der Waals surface area contributed by atoms with Gasteiger partial charge in [-0.25, -0.2) is 0 Å². The molecule has 1 aliphatic rings. The number of carbonyl (C=O) groups is 2. The molecule has 0 aliphatic carbocycles. The number of rotatable bonds is 3. The van der Waals surface area contributed by atoms with Crippen LogP contribution >= 0.6 is 11.5 Å². The van der Waals surface area contributed by atoms with E-state index in [-0.39, 0.29) is 11.8 Å². The van der Waals surface area contributed by atoms with Crippen molar-refractivity contribution in [2.45, 2.75) is 6.54 Å². The van der Waals surface area contributed by atoms with Crippen molar-refractivity contribution in [1.82, 2.24) is 14.5 Å². The van der Waals surface area contributed by atoms with Gasteiger partial charge in [-0.2, -0.15) is 0 Å². The second-order valence-electron chi connectivity index (χ2n) is 4.18. The summed E-state index contributed by atoms with van der Waals surface area (Å²) in [6, 6.07) is 5.14. The Labute approximate surface area is 113 Å². The van der Waals surface area contributed by atoms with Crippen molar-refractivity contribution in [3.63, 3.8) is 0 Å². The maximum Gasteiger partial charge on any atom is 0.261 e. The molecule has 0 radical (unpaired) electrons. The Bertz CT molecular complexity index is 654. The Hall–Kier alpha value is -2.28. The van der Waals surface area contributed by atoms with Gasteiger partial charge in [0.05, 0.1) is 23.4 Å². The first kappa shape index (κ1) is 11.8. The Morgan fingerprint density at radius 1 is 1.26 bits per heavy atom. The Balaban J connectivity index is 1.83. The average Bonchev–Trinajstić information content (AvgIpc) is 3.01. The molecule has 0 fully saturated rings. The van der Waals surface area contributed by atoms with Crippen LogP contribution < -0.4 is 5.32 Å². The van der Waals surface area contributed by atoms with Crippen LogP contribution in [0.4, 0.5) is 5.69 Å². The van der Waals surface area contributed by atoms with Crippen molar-refractivity contribution in [2.24, 2.45) is 0 Å². The third-order valence-corrected chi connectivity index (χ3v) is 3.52. The van der Waals surface area contributed by atoms with Crippen LogP contribution in [0.25, 0.3) is 0 Å². The van der Waals surface area contributed by atoms with Crippen LogP contribution in [0.1, 0.15) is 26.4 Å². The minimum atomic E-state index is -0.265. The number of benzene rings is 1. The molecule has 2 amide bonds. The van der Waals surface area contributed by atoms with Gasteiger partial charge in [0.1, 0.15) is 0 Å². The molecule has 0 atom stereocenters. The lowest BCUT2D eigenvalue weighted by atomic mass is 10.1. The zero-order valence-electron chi connectivity index (χ0n) is 10.1. The molecule has 0 unspecified atom stereocenters. The van der Waals surface area contributed by atoms with Crippen LogP contribution in [0, 0.1) is 0 Å². The molecule has 0 bridgehead atoms. The molecule has 96 valence electrons. The molecule has 1 aromatic heterocycles. The first-order valence-corrected chi connectivity index (χ1v) is 6.46. The van der Waals surface area contributed by atoms with E-state index in [1.165, 1.54) is 18.6 Å². The molecule has 0 saturated heterocycles. The van der Waals surface area contributed by atoms with Gasteiger partial charge in [0.25, 0.3) is 11.8 Å². The SMILES string of the molecule is CN1C(=O)c2ccc(NCc3csnn3)cc2C1=O. The molecule has 1 N–H and O–H groups in total. The van der Waals surface area contributed by atoms with Crippen molar-refractivity contribution in [1.29, 1.82) is 0 Å². The number of anilines is 1. The largest absolute Gasteiger partial charge is 0.379 e. The average molecular weight is 274 g/mol. The molecule has 7 heteroatoms. The minimum absolute atomic E-state index is 0.254. The second kappa shape index (κ2) is 4.43. The van der Waals surface area contributed by atoms with Crippen molar-refractivity contribution < 1.29 is 9.59 Å². The third-order valence-electron chi connectivity index (χ3n) is 2.97. The molecule has 2 heterocycles. The van der Waals surface area contributed by atoms with E-state index in [4.69, 9.17) is 0 Å². The predicted molar refractivity (Wildman–Crippen MR) is 70.1 cm³/mol. The smallest absolute Gasteiger partial charge is 0.261 e. The molecule has 1 aliphatic heterocycles. The highest BCUT2D eigenvalue weighted by molar-refractivity contribution is 7.03. The highest BCUT2D eigenvalue weighted by Gasteiger charge is 2.32. The summed E-state index contributed by atoms with van der Waals surface area (Å²) in [5.41, 5.74) is 2.51. The molecule has 3 rings (SSSR count). The highest BCUT2D eigenvalue weighted by atomic mass is 32.1. The zero-order chi connectivity index (χ0) is 13.4. The number of amides is 2. The van der Waals surface area contributed by atoms with E-state index in [0.717, 1.165) is 16.3 Å². The molecule has 0 spiro atoms. The summed E-state index contributed by atoms with van der Waals surface area (Å²) in [7, 11) is 1.48. The van der Waals surface area contributed by atoms with Crippen LogP contribution in [0.5, 0.6) is 0 Å². The Morgan fingerprint density at radius 3 is 2.79 bits per heavy atom. The van der Waals surface area contributed by atoms with Crippen molar-refractivity contribution in [3.8, 4) is 0 Å². The zero-order valence-corrected chi connectivity index (χ0v) is 10.9. The van der Waals surface area contributed by atoms with Crippen molar-refractivity contribution in [2.75, 3.05) is 12.4 Å². The number of nitrogens with zero attached hydrogens (tertiary/aromatic N) is 3. The van der Waals surface area contributed by atoms with Gasteiger partial charge in [-0.05, 0) is 29.7 Å². The fourth-order valence-corrected chi connectivity index (χ4v) is 2.38. The number of nitrogens with one attached hydrogen (secondary N) is 1. The summed E-state index contributed by atoms with van der Waals surface area (Å²) < 4.78 is 3.77. The fraction of sp³-hybridized carbons (Fsp3) is 0.167. The summed E-state index contributed by atoms with van der Waals surface area (Å²) in [6.07, 6.45) is 0. The summed E-state index contributed by atoms with van der Waals surface area (Å²) in [6.45, 7) is 0.535. The lowest BCUT2D eigenvalue weighted by molar-refractivity contribution is 0.0693. The quantitative estimate of drug-likeness (QED) is 0.856. The number of aromatic nitrogens is 2. The van der Waals surface area contributed by atoms with E-state index in [1.807, 2.05) is 5.38 Å². The van der Waals surface area contributed by atoms with Crippen LogP contribution in [0.2, 0.25) is 0 Å². The summed E-state index contributed by atoms with van der Waals surface area (Å²) in [5.74, 6) is -0.519. The van der Waals surface area contributed by atoms with Crippen LogP contribution in [-0.4, -0.2) is 33.3 Å². The highest BCUT2D eigenvalue weighted by Crippen LogP contribution is 2.24. The Morgan fingerprint density at radius 2 is 2.05 bits per heavy atom. The topological polar surface area (TPSA) is 75.2 Å². The van der Waals surface area contributed by atoms with Crippen molar-refractivity contribution in [3.05, 3.63) is 40.4 Å². The van der Waals surface area contributed by atoms with E-state index in [9.17, 15) is 9.59 Å². The summed E-state index contributed by atoms with van der Waals surface area (Å²) in [5, 5.41) is 8.92. The standard InChI is InChI=1S/C12H10N4O2S/c1-16-11(17)9-3-2-7(4-10(9)12(16)18)13-5-8-6-19-15-14-8/h2-4,6,13H,5H2,1H3. The molecular formula is C12H10N4O2S. The monoisotopic (exact) mass is 274 g/mol. The van der Waals surface area contributed by atoms with E-state index < -0.39 is 0 Å². The van der Waals surface area contributed by atoms with Gasteiger partial charge in [0, 0.05) is 18.1 Å². The van der Waals surface area contributed by atoms with E-state index in [0.29, 0.717) is 17.7 Å². The fourth-order valence-electron chi connectivity index (χ4n) is 1.92. The van der Waals surface area contributed by atoms with E-state index in [1.54, 1.807) is 18.2 Å². The maximum atomic E-state index is 11.8. The number of carbonyl (C=O) groups excluding carboxylic acids is 2. The van der Waals surface area contributed by atoms with E-state index in [2.05, 4.69) is 14.9 Å². The van der Waals surface area contributed by atoms with Gasteiger partial charge in [-0.3, -0.25) is 14.5 Å². The maximum absolute atomic E-state index is 11.8. The second-order valence-corrected chi connectivity index (χ2v) is 4.79. The minimum Gasteiger partial charge on any atom is -0.379 e. The van der Waals surface area contributed by atoms with Crippen molar-refractivity contribution >= 4 is 29.0 Å². The molecule has 0 saturated carbocycles. The molecule has 19 heavy (non-hydrogen) atoms. The summed E-state index contributed by atoms with van der Waals surface area (Å²) >= 11 is 1.29. The molecular weight excluding hydrogens is 264 g/mol. The first-order valence-electron chi connectivity index (χ1n) is 5.63. The predicted octanol–water partition coefficient (Wildman–Crippen LogP) is 1.38. The molecule has 6 nitrogen and oxygen atoms in total. The lowest BCUT2D eigenvalue weighted by Gasteiger charge is -2.05. The normalized spacial score (nSPS) is 13.8. The number of imide groups is 1. The van der Waals surface area contributed by atoms with Gasteiger partial charge in [0.2, 0.25) is 0 Å².